The third-order valence-corrected chi connectivity index (χ3v) is 2.62. The molecule has 1 rings (SSSR count). The number of rotatable bonds is 2. The number of hydrogen-bond acceptors (Lipinski definition) is 1. The molecule has 1 atom stereocenters. The lowest BCUT2D eigenvalue weighted by molar-refractivity contribution is 0.699. The average Bonchev–Trinajstić information content (AvgIpc) is 2.03. The van der Waals surface area contributed by atoms with Crippen molar-refractivity contribution < 1.29 is 0 Å². The summed E-state index contributed by atoms with van der Waals surface area (Å²) in [6, 6.07) is 5.83. The van der Waals surface area contributed by atoms with Gasteiger partial charge in [-0.05, 0) is 24.1 Å². The minimum Gasteiger partial charge on any atom is -0.324 e. The van der Waals surface area contributed by atoms with Crippen LogP contribution in [0.25, 0.3) is 0 Å². The first-order valence-electron chi connectivity index (χ1n) is 3.85. The van der Waals surface area contributed by atoms with Crippen LogP contribution < -0.4 is 5.73 Å². The highest BCUT2D eigenvalue weighted by molar-refractivity contribution is 9.10. The second-order valence-corrected chi connectivity index (χ2v) is 4.00. The van der Waals surface area contributed by atoms with Crippen LogP contribution >= 0.6 is 27.5 Å². The largest absolute Gasteiger partial charge is 0.324 e. The molecule has 1 aromatic rings. The highest BCUT2D eigenvalue weighted by atomic mass is 79.9. The molecule has 1 unspecified atom stereocenters. The second kappa shape index (κ2) is 4.26. The topological polar surface area (TPSA) is 26.0 Å². The van der Waals surface area contributed by atoms with E-state index >= 15 is 0 Å². The Bertz CT molecular complexity index is 275. The number of hydrogen-bond donors (Lipinski definition) is 1. The maximum absolute atomic E-state index is 5.99. The van der Waals surface area contributed by atoms with Gasteiger partial charge >= 0.3 is 0 Å². The summed E-state index contributed by atoms with van der Waals surface area (Å²) < 4.78 is 0.986. The predicted octanol–water partition coefficient (Wildman–Crippen LogP) is 3.51. The summed E-state index contributed by atoms with van der Waals surface area (Å²) in [6.45, 7) is 2.04. The minimum absolute atomic E-state index is 0.0469. The van der Waals surface area contributed by atoms with Gasteiger partial charge in [-0.2, -0.15) is 0 Å². The number of benzene rings is 1. The smallest absolute Gasteiger partial charge is 0.0464 e. The molecule has 66 valence electrons. The lowest BCUT2D eigenvalue weighted by atomic mass is 10.1. The maximum Gasteiger partial charge on any atom is 0.0464 e. The summed E-state index contributed by atoms with van der Waals surface area (Å²) in [5.74, 6) is 0. The lowest BCUT2D eigenvalue weighted by Crippen LogP contribution is -2.08. The molecule has 0 aliphatic heterocycles. The maximum atomic E-state index is 5.99. The van der Waals surface area contributed by atoms with Crippen LogP contribution in [-0.4, -0.2) is 0 Å². The number of nitrogens with two attached hydrogens (primary N) is 1. The van der Waals surface area contributed by atoms with Crippen LogP contribution in [0.2, 0.25) is 5.02 Å². The molecule has 0 heterocycles. The summed E-state index contributed by atoms with van der Waals surface area (Å²) in [5, 5.41) is 0.735. The van der Waals surface area contributed by atoms with Gasteiger partial charge in [0.2, 0.25) is 0 Å². The summed E-state index contributed by atoms with van der Waals surface area (Å²) in [6.07, 6.45) is 0.904. The van der Waals surface area contributed by atoms with Crippen LogP contribution in [0.5, 0.6) is 0 Å². The third-order valence-electron chi connectivity index (χ3n) is 1.80. The van der Waals surface area contributed by atoms with Crippen LogP contribution in [0.15, 0.2) is 22.7 Å². The predicted molar refractivity (Wildman–Crippen MR) is 56.4 cm³/mol. The normalized spacial score (nSPS) is 13.0. The Morgan fingerprint density at radius 2 is 2.25 bits per heavy atom. The van der Waals surface area contributed by atoms with Gasteiger partial charge in [-0.3, -0.25) is 0 Å². The van der Waals surface area contributed by atoms with Crippen LogP contribution in [0.3, 0.4) is 0 Å². The molecule has 2 N–H and O–H groups in total. The average molecular weight is 249 g/mol. The fourth-order valence-corrected chi connectivity index (χ4v) is 1.84. The first-order valence-corrected chi connectivity index (χ1v) is 5.02. The molecule has 0 aliphatic carbocycles. The molecule has 0 saturated carbocycles. The van der Waals surface area contributed by atoms with Crippen molar-refractivity contribution in [2.45, 2.75) is 19.4 Å². The Kier molecular flexibility index (Phi) is 3.56. The van der Waals surface area contributed by atoms with Gasteiger partial charge in [0, 0.05) is 15.5 Å². The Morgan fingerprint density at radius 3 is 2.75 bits per heavy atom. The molecule has 1 aromatic carbocycles. The SMILES string of the molecule is CCC(N)c1ccc(Br)cc1Cl. The molecule has 0 fully saturated rings. The first kappa shape index (κ1) is 10.0. The highest BCUT2D eigenvalue weighted by Gasteiger charge is 2.07. The number of halogens is 2. The molecule has 0 aliphatic rings. The van der Waals surface area contributed by atoms with Gasteiger partial charge in [0.25, 0.3) is 0 Å². The fraction of sp³-hybridized carbons (Fsp3) is 0.333. The van der Waals surface area contributed by atoms with Gasteiger partial charge < -0.3 is 5.73 Å². The van der Waals surface area contributed by atoms with E-state index in [4.69, 9.17) is 17.3 Å². The van der Waals surface area contributed by atoms with Crippen LogP contribution in [-0.2, 0) is 0 Å². The zero-order valence-electron chi connectivity index (χ0n) is 6.85. The molecule has 12 heavy (non-hydrogen) atoms. The van der Waals surface area contributed by atoms with E-state index in [1.54, 1.807) is 0 Å². The van der Waals surface area contributed by atoms with E-state index in [9.17, 15) is 0 Å². The van der Waals surface area contributed by atoms with E-state index in [-0.39, 0.29) is 6.04 Å². The van der Waals surface area contributed by atoms with Crippen molar-refractivity contribution in [1.82, 2.24) is 0 Å². The van der Waals surface area contributed by atoms with Crippen molar-refractivity contribution in [2.75, 3.05) is 0 Å². The Balaban J connectivity index is 3.01. The van der Waals surface area contributed by atoms with Gasteiger partial charge in [0.1, 0.15) is 0 Å². The van der Waals surface area contributed by atoms with E-state index in [2.05, 4.69) is 15.9 Å². The summed E-state index contributed by atoms with van der Waals surface area (Å²) >= 11 is 9.34. The van der Waals surface area contributed by atoms with Crippen molar-refractivity contribution in [3.63, 3.8) is 0 Å². The fourth-order valence-electron chi connectivity index (χ4n) is 1.02. The van der Waals surface area contributed by atoms with Gasteiger partial charge in [-0.1, -0.05) is 40.5 Å². The molecule has 0 bridgehead atoms. The molecular formula is C9H11BrClN. The quantitative estimate of drug-likeness (QED) is 0.851. The van der Waals surface area contributed by atoms with Gasteiger partial charge in [0.15, 0.2) is 0 Å². The second-order valence-electron chi connectivity index (χ2n) is 2.68. The van der Waals surface area contributed by atoms with Crippen LogP contribution in [0.4, 0.5) is 0 Å². The summed E-state index contributed by atoms with van der Waals surface area (Å²) in [4.78, 5) is 0. The molecule has 0 spiro atoms. The molecule has 0 aromatic heterocycles. The van der Waals surface area contributed by atoms with E-state index in [0.29, 0.717) is 0 Å². The van der Waals surface area contributed by atoms with Crippen LogP contribution in [0, 0.1) is 0 Å². The standard InChI is InChI=1S/C9H11BrClN/c1-2-9(12)7-4-3-6(10)5-8(7)11/h3-5,9H,2,12H2,1H3. The zero-order valence-corrected chi connectivity index (χ0v) is 9.19. The monoisotopic (exact) mass is 247 g/mol. The van der Waals surface area contributed by atoms with E-state index in [1.165, 1.54) is 0 Å². The Morgan fingerprint density at radius 1 is 1.58 bits per heavy atom. The van der Waals surface area contributed by atoms with Gasteiger partial charge in [-0.25, -0.2) is 0 Å². The molecule has 1 nitrogen and oxygen atoms in total. The van der Waals surface area contributed by atoms with Crippen molar-refractivity contribution >= 4 is 27.5 Å². The zero-order chi connectivity index (χ0) is 9.14. The Hall–Kier alpha value is -0.0500. The first-order chi connectivity index (χ1) is 5.65. The Labute approximate surface area is 86.0 Å². The van der Waals surface area contributed by atoms with Crippen molar-refractivity contribution in [3.8, 4) is 0 Å². The lowest BCUT2D eigenvalue weighted by Gasteiger charge is -2.10. The molecule has 0 radical (unpaired) electrons. The van der Waals surface area contributed by atoms with E-state index in [1.807, 2.05) is 25.1 Å². The minimum atomic E-state index is 0.0469. The molecule has 0 saturated heterocycles. The molecular weight excluding hydrogens is 237 g/mol. The highest BCUT2D eigenvalue weighted by Crippen LogP contribution is 2.26. The molecule has 3 heteroatoms. The van der Waals surface area contributed by atoms with Crippen LogP contribution in [0.1, 0.15) is 24.9 Å². The van der Waals surface area contributed by atoms with E-state index in [0.717, 1.165) is 21.5 Å². The summed E-state index contributed by atoms with van der Waals surface area (Å²) in [5.41, 5.74) is 6.86. The molecule has 0 amide bonds. The summed E-state index contributed by atoms with van der Waals surface area (Å²) in [7, 11) is 0. The van der Waals surface area contributed by atoms with Crippen molar-refractivity contribution in [3.05, 3.63) is 33.3 Å². The van der Waals surface area contributed by atoms with Crippen molar-refractivity contribution in [2.24, 2.45) is 5.73 Å². The van der Waals surface area contributed by atoms with Crippen molar-refractivity contribution in [1.29, 1.82) is 0 Å². The van der Waals surface area contributed by atoms with Gasteiger partial charge in [0.05, 0.1) is 0 Å². The van der Waals surface area contributed by atoms with E-state index < -0.39 is 0 Å². The van der Waals surface area contributed by atoms with Gasteiger partial charge in [-0.15, -0.1) is 0 Å². The third kappa shape index (κ3) is 2.22.